The van der Waals surface area contributed by atoms with E-state index in [1.807, 2.05) is 0 Å². The Labute approximate surface area is 111 Å². The first-order valence-electron chi connectivity index (χ1n) is 6.99. The fraction of sp³-hybridized carbons (Fsp3) is 0.333. The van der Waals surface area contributed by atoms with Crippen molar-refractivity contribution >= 4 is 0 Å². The van der Waals surface area contributed by atoms with Crippen LogP contribution < -0.4 is 0 Å². The Morgan fingerprint density at radius 1 is 0.722 bits per heavy atom. The van der Waals surface area contributed by atoms with E-state index in [2.05, 4.69) is 63.2 Å². The molecule has 0 atom stereocenters. The summed E-state index contributed by atoms with van der Waals surface area (Å²) in [6, 6.07) is 15.8. The summed E-state index contributed by atoms with van der Waals surface area (Å²) in [5, 5.41) is 0. The van der Waals surface area contributed by atoms with Crippen LogP contribution >= 0.6 is 0 Å². The van der Waals surface area contributed by atoms with E-state index in [9.17, 15) is 0 Å². The fourth-order valence-electron chi connectivity index (χ4n) is 2.38. The van der Waals surface area contributed by atoms with Crippen molar-refractivity contribution < 1.29 is 0 Å². The molecule has 0 N–H and O–H groups in total. The number of benzene rings is 2. The highest BCUT2D eigenvalue weighted by molar-refractivity contribution is 5.69. The topological polar surface area (TPSA) is 0 Å². The minimum atomic E-state index is 1.09. The van der Waals surface area contributed by atoms with E-state index >= 15 is 0 Å². The molecule has 0 aliphatic rings. The lowest BCUT2D eigenvalue weighted by Gasteiger charge is -2.11. The molecule has 0 unspecified atom stereocenters. The molecule has 0 aromatic heterocycles. The normalized spacial score (nSPS) is 10.6. The molecule has 0 aliphatic carbocycles. The lowest BCUT2D eigenvalue weighted by atomic mass is 9.94. The van der Waals surface area contributed by atoms with Crippen molar-refractivity contribution in [2.24, 2.45) is 0 Å². The molecular formula is C18H22. The Bertz CT molecular complexity index is 523. The van der Waals surface area contributed by atoms with E-state index in [0.29, 0.717) is 0 Å². The van der Waals surface area contributed by atoms with Gasteiger partial charge in [-0.2, -0.15) is 0 Å². The molecule has 2 aromatic carbocycles. The maximum atomic E-state index is 2.35. The molecule has 0 amide bonds. The van der Waals surface area contributed by atoms with Crippen molar-refractivity contribution in [1.29, 1.82) is 0 Å². The molecular weight excluding hydrogens is 216 g/mol. The van der Waals surface area contributed by atoms with Crippen molar-refractivity contribution in [2.45, 2.75) is 40.0 Å². The highest BCUT2D eigenvalue weighted by atomic mass is 14.1. The number of hydrogen-bond donors (Lipinski definition) is 0. The van der Waals surface area contributed by atoms with Crippen LogP contribution in [-0.4, -0.2) is 0 Å². The van der Waals surface area contributed by atoms with Crippen LogP contribution in [0, 0.1) is 0 Å². The third-order valence-electron chi connectivity index (χ3n) is 3.61. The highest BCUT2D eigenvalue weighted by Crippen LogP contribution is 2.26. The number of hydrogen-bond acceptors (Lipinski definition) is 0. The largest absolute Gasteiger partial charge is 0.0614 e. The minimum absolute atomic E-state index is 1.09. The first kappa shape index (κ1) is 12.9. The van der Waals surface area contributed by atoms with Crippen LogP contribution in [0.15, 0.2) is 42.5 Å². The Balaban J connectivity index is 2.53. The number of rotatable bonds is 4. The van der Waals surface area contributed by atoms with Gasteiger partial charge in [0.25, 0.3) is 0 Å². The molecule has 0 saturated heterocycles. The summed E-state index contributed by atoms with van der Waals surface area (Å²) in [6.07, 6.45) is 3.29. The summed E-state index contributed by atoms with van der Waals surface area (Å²) in [5.41, 5.74) is 7.05. The maximum absolute atomic E-state index is 2.35. The van der Waals surface area contributed by atoms with E-state index in [4.69, 9.17) is 0 Å². The van der Waals surface area contributed by atoms with Gasteiger partial charge in [-0.25, -0.2) is 0 Å². The second-order valence-corrected chi connectivity index (χ2v) is 4.75. The Hall–Kier alpha value is -1.56. The van der Waals surface area contributed by atoms with Gasteiger partial charge in [0.15, 0.2) is 0 Å². The molecule has 0 aliphatic heterocycles. The van der Waals surface area contributed by atoms with Gasteiger partial charge in [0.2, 0.25) is 0 Å². The molecule has 2 aromatic rings. The van der Waals surface area contributed by atoms with E-state index in [1.54, 1.807) is 0 Å². The van der Waals surface area contributed by atoms with Crippen molar-refractivity contribution in [3.63, 3.8) is 0 Å². The van der Waals surface area contributed by atoms with Crippen LogP contribution in [0.1, 0.15) is 37.5 Å². The summed E-state index contributed by atoms with van der Waals surface area (Å²) in [6.45, 7) is 6.66. The van der Waals surface area contributed by atoms with Crippen molar-refractivity contribution in [3.05, 3.63) is 59.2 Å². The minimum Gasteiger partial charge on any atom is -0.0614 e. The number of aryl methyl sites for hydroxylation is 3. The quantitative estimate of drug-likeness (QED) is 0.700. The average molecular weight is 238 g/mol. The van der Waals surface area contributed by atoms with E-state index < -0.39 is 0 Å². The second kappa shape index (κ2) is 5.86. The van der Waals surface area contributed by atoms with Crippen LogP contribution in [0.5, 0.6) is 0 Å². The second-order valence-electron chi connectivity index (χ2n) is 4.75. The van der Waals surface area contributed by atoms with Crippen LogP contribution in [0.25, 0.3) is 11.1 Å². The smallest absolute Gasteiger partial charge is 0.0149 e. The molecule has 0 heterocycles. The van der Waals surface area contributed by atoms with E-state index in [0.717, 1.165) is 19.3 Å². The van der Waals surface area contributed by atoms with Crippen molar-refractivity contribution in [2.75, 3.05) is 0 Å². The standard InChI is InChI=1S/C18H22/c1-4-14-8-7-9-17(12-14)18-13-15(5-2)10-11-16(18)6-3/h7-13H,4-6H2,1-3H3. The molecule has 0 saturated carbocycles. The molecule has 94 valence electrons. The van der Waals surface area contributed by atoms with Gasteiger partial charge in [-0.3, -0.25) is 0 Å². The fourth-order valence-corrected chi connectivity index (χ4v) is 2.38. The van der Waals surface area contributed by atoms with Gasteiger partial charge >= 0.3 is 0 Å². The molecule has 0 spiro atoms. The molecule has 0 bridgehead atoms. The lowest BCUT2D eigenvalue weighted by Crippen LogP contribution is -1.91. The zero-order valence-corrected chi connectivity index (χ0v) is 11.7. The van der Waals surface area contributed by atoms with Crippen LogP contribution in [-0.2, 0) is 19.3 Å². The summed E-state index contributed by atoms with van der Waals surface area (Å²) in [7, 11) is 0. The van der Waals surface area contributed by atoms with Crippen LogP contribution in [0.4, 0.5) is 0 Å². The molecule has 2 rings (SSSR count). The SMILES string of the molecule is CCc1cccc(-c2cc(CC)ccc2CC)c1. The molecule has 0 radical (unpaired) electrons. The van der Waals surface area contributed by atoms with Gasteiger partial charge in [0.1, 0.15) is 0 Å². The van der Waals surface area contributed by atoms with Gasteiger partial charge in [0, 0.05) is 0 Å². The summed E-state index contributed by atoms with van der Waals surface area (Å²) in [5.74, 6) is 0. The Morgan fingerprint density at radius 3 is 2.11 bits per heavy atom. The van der Waals surface area contributed by atoms with E-state index in [-0.39, 0.29) is 0 Å². The Kier molecular flexibility index (Phi) is 4.19. The summed E-state index contributed by atoms with van der Waals surface area (Å²) >= 11 is 0. The summed E-state index contributed by atoms with van der Waals surface area (Å²) in [4.78, 5) is 0. The van der Waals surface area contributed by atoms with E-state index in [1.165, 1.54) is 27.8 Å². The molecule has 0 heteroatoms. The van der Waals surface area contributed by atoms with Gasteiger partial charge in [-0.1, -0.05) is 63.2 Å². The van der Waals surface area contributed by atoms with Crippen molar-refractivity contribution in [3.8, 4) is 11.1 Å². The van der Waals surface area contributed by atoms with Gasteiger partial charge in [0.05, 0.1) is 0 Å². The first-order chi connectivity index (χ1) is 8.78. The predicted octanol–water partition coefficient (Wildman–Crippen LogP) is 5.04. The van der Waals surface area contributed by atoms with Crippen LogP contribution in [0.3, 0.4) is 0 Å². The third kappa shape index (κ3) is 2.64. The van der Waals surface area contributed by atoms with Gasteiger partial charge in [-0.05, 0) is 47.1 Å². The monoisotopic (exact) mass is 238 g/mol. The zero-order chi connectivity index (χ0) is 13.0. The summed E-state index contributed by atoms with van der Waals surface area (Å²) < 4.78 is 0. The van der Waals surface area contributed by atoms with Gasteiger partial charge < -0.3 is 0 Å². The Morgan fingerprint density at radius 2 is 1.44 bits per heavy atom. The third-order valence-corrected chi connectivity index (χ3v) is 3.61. The molecule has 0 fully saturated rings. The molecule has 18 heavy (non-hydrogen) atoms. The lowest BCUT2D eigenvalue weighted by molar-refractivity contribution is 1.10. The zero-order valence-electron chi connectivity index (χ0n) is 11.7. The molecule has 0 nitrogen and oxygen atoms in total. The predicted molar refractivity (Wildman–Crippen MR) is 80.0 cm³/mol. The van der Waals surface area contributed by atoms with Crippen molar-refractivity contribution in [1.82, 2.24) is 0 Å². The average Bonchev–Trinajstić information content (AvgIpc) is 2.46. The highest BCUT2D eigenvalue weighted by Gasteiger charge is 2.05. The van der Waals surface area contributed by atoms with Crippen LogP contribution in [0.2, 0.25) is 0 Å². The van der Waals surface area contributed by atoms with Gasteiger partial charge in [-0.15, -0.1) is 0 Å². The maximum Gasteiger partial charge on any atom is -0.0149 e. The first-order valence-corrected chi connectivity index (χ1v) is 6.99.